The highest BCUT2D eigenvalue weighted by Gasteiger charge is 2.53. The van der Waals surface area contributed by atoms with Crippen molar-refractivity contribution < 1.29 is 32.6 Å². The van der Waals surface area contributed by atoms with E-state index in [0.717, 1.165) is 23.5 Å². The number of halogens is 3. The SMILES string of the molecule is CCOC(C(N)=O)C1(Nc2nc3ccc(C(F)(F)F)cc3s2)Nc2cc(C(=O)O)ccc2N1CC. The highest BCUT2D eigenvalue weighted by molar-refractivity contribution is 7.22. The van der Waals surface area contributed by atoms with Crippen LogP contribution in [0.4, 0.5) is 29.7 Å². The highest BCUT2D eigenvalue weighted by atomic mass is 32.1. The lowest BCUT2D eigenvalue weighted by molar-refractivity contribution is -0.137. The van der Waals surface area contributed by atoms with Crippen molar-refractivity contribution in [3.63, 3.8) is 0 Å². The van der Waals surface area contributed by atoms with Crippen LogP contribution >= 0.6 is 11.3 Å². The number of carboxylic acids is 1. The second-order valence-electron chi connectivity index (χ2n) is 7.73. The number of anilines is 3. The first kappa shape index (κ1) is 24.5. The van der Waals surface area contributed by atoms with Crippen molar-refractivity contribution in [2.24, 2.45) is 5.73 Å². The third kappa shape index (κ3) is 4.32. The van der Waals surface area contributed by atoms with E-state index in [2.05, 4.69) is 15.6 Å². The van der Waals surface area contributed by atoms with Gasteiger partial charge in [-0.15, -0.1) is 0 Å². The van der Waals surface area contributed by atoms with Crippen molar-refractivity contribution in [2.75, 3.05) is 28.7 Å². The number of nitrogens with one attached hydrogen (secondary N) is 2. The number of ether oxygens (including phenoxy) is 1. The molecular formula is C22H22F3N5O4S. The number of carboxylic acid groups (broad SMARTS) is 1. The fraction of sp³-hybridized carbons (Fsp3) is 0.318. The van der Waals surface area contributed by atoms with Crippen LogP contribution < -0.4 is 21.3 Å². The summed E-state index contributed by atoms with van der Waals surface area (Å²) in [5.41, 5.74) is 6.25. The number of aromatic nitrogens is 1. The van der Waals surface area contributed by atoms with Gasteiger partial charge < -0.3 is 31.1 Å². The number of primary amides is 1. The predicted octanol–water partition coefficient (Wildman–Crippen LogP) is 3.92. The van der Waals surface area contributed by atoms with Crippen molar-refractivity contribution in [1.29, 1.82) is 0 Å². The average Bonchev–Trinajstić information content (AvgIpc) is 3.32. The first-order valence-electron chi connectivity index (χ1n) is 10.6. The van der Waals surface area contributed by atoms with Gasteiger partial charge in [-0.3, -0.25) is 4.79 Å². The molecule has 0 bridgehead atoms. The number of thiazole rings is 1. The number of rotatable bonds is 8. The van der Waals surface area contributed by atoms with Gasteiger partial charge in [0.25, 0.3) is 5.91 Å². The van der Waals surface area contributed by atoms with Gasteiger partial charge in [-0.05, 0) is 50.2 Å². The first-order chi connectivity index (χ1) is 16.5. The summed E-state index contributed by atoms with van der Waals surface area (Å²) >= 11 is 0.969. The number of likely N-dealkylation sites (N-methyl/N-ethyl adjacent to an activating group) is 1. The average molecular weight is 510 g/mol. The van der Waals surface area contributed by atoms with Crippen LogP contribution in [-0.4, -0.2) is 47.0 Å². The first-order valence-corrected chi connectivity index (χ1v) is 11.4. The van der Waals surface area contributed by atoms with Crippen LogP contribution in [0.1, 0.15) is 29.8 Å². The van der Waals surface area contributed by atoms with Crippen LogP contribution in [-0.2, 0) is 15.7 Å². The van der Waals surface area contributed by atoms with Crippen LogP contribution in [0.25, 0.3) is 10.2 Å². The molecule has 4 rings (SSSR count). The Morgan fingerprint density at radius 1 is 1.29 bits per heavy atom. The van der Waals surface area contributed by atoms with Crippen LogP contribution in [0.15, 0.2) is 36.4 Å². The number of amides is 1. The highest BCUT2D eigenvalue weighted by Crippen LogP contribution is 2.44. The minimum atomic E-state index is -4.51. The Kier molecular flexibility index (Phi) is 6.23. The summed E-state index contributed by atoms with van der Waals surface area (Å²) in [4.78, 5) is 30.2. The molecular weight excluding hydrogens is 487 g/mol. The molecule has 0 saturated heterocycles. The predicted molar refractivity (Wildman–Crippen MR) is 126 cm³/mol. The molecule has 1 aromatic heterocycles. The number of nitrogens with zero attached hydrogens (tertiary/aromatic N) is 2. The Balaban J connectivity index is 1.83. The molecule has 2 unspecified atom stereocenters. The number of alkyl halides is 3. The number of aromatic carboxylic acids is 1. The van der Waals surface area contributed by atoms with Gasteiger partial charge in [0.15, 0.2) is 11.2 Å². The van der Waals surface area contributed by atoms with Gasteiger partial charge in [0.1, 0.15) is 0 Å². The molecule has 1 amide bonds. The molecule has 2 aromatic carbocycles. The van der Waals surface area contributed by atoms with E-state index in [1.807, 2.05) is 6.92 Å². The molecule has 1 aliphatic heterocycles. The number of benzene rings is 2. The fourth-order valence-electron chi connectivity index (χ4n) is 4.15. The maximum Gasteiger partial charge on any atom is 0.416 e. The molecule has 1 aliphatic rings. The van der Waals surface area contributed by atoms with E-state index in [-0.39, 0.29) is 22.0 Å². The van der Waals surface area contributed by atoms with E-state index in [0.29, 0.717) is 23.4 Å². The van der Waals surface area contributed by atoms with Crippen molar-refractivity contribution in [2.45, 2.75) is 31.9 Å². The van der Waals surface area contributed by atoms with E-state index in [1.54, 1.807) is 17.9 Å². The maximum absolute atomic E-state index is 13.2. The van der Waals surface area contributed by atoms with E-state index < -0.39 is 35.5 Å². The zero-order chi connectivity index (χ0) is 25.5. The number of hydrogen-bond acceptors (Lipinski definition) is 8. The van der Waals surface area contributed by atoms with Crippen molar-refractivity contribution in [3.8, 4) is 0 Å². The molecule has 0 radical (unpaired) electrons. The zero-order valence-corrected chi connectivity index (χ0v) is 19.5. The van der Waals surface area contributed by atoms with Crippen LogP contribution in [0, 0.1) is 0 Å². The number of carbonyl (C=O) groups is 2. The number of hydrogen-bond donors (Lipinski definition) is 4. The summed E-state index contributed by atoms with van der Waals surface area (Å²) in [5.74, 6) is -3.47. The largest absolute Gasteiger partial charge is 0.478 e. The molecule has 13 heteroatoms. The van der Waals surface area contributed by atoms with E-state index >= 15 is 0 Å². The molecule has 2 atom stereocenters. The Hall–Kier alpha value is -3.58. The second kappa shape index (κ2) is 8.89. The summed E-state index contributed by atoms with van der Waals surface area (Å²) in [5, 5.41) is 15.9. The van der Waals surface area contributed by atoms with E-state index in [4.69, 9.17) is 10.5 Å². The molecule has 0 aliphatic carbocycles. The number of fused-ring (bicyclic) bond motifs is 2. The molecule has 5 N–H and O–H groups in total. The van der Waals surface area contributed by atoms with E-state index in [1.165, 1.54) is 18.2 Å². The maximum atomic E-state index is 13.2. The minimum Gasteiger partial charge on any atom is -0.478 e. The van der Waals surface area contributed by atoms with Gasteiger partial charge in [-0.2, -0.15) is 13.2 Å². The lowest BCUT2D eigenvalue weighted by Gasteiger charge is -2.43. The molecule has 0 saturated carbocycles. The smallest absolute Gasteiger partial charge is 0.416 e. The summed E-state index contributed by atoms with van der Waals surface area (Å²) < 4.78 is 45.5. The summed E-state index contributed by atoms with van der Waals surface area (Å²) in [6.45, 7) is 3.96. The van der Waals surface area contributed by atoms with Gasteiger partial charge in [-0.1, -0.05) is 11.3 Å². The van der Waals surface area contributed by atoms with E-state index in [9.17, 15) is 27.9 Å². The molecule has 9 nitrogen and oxygen atoms in total. The normalized spacial score (nSPS) is 18.3. The van der Waals surface area contributed by atoms with Crippen molar-refractivity contribution in [1.82, 2.24) is 4.98 Å². The topological polar surface area (TPSA) is 130 Å². The van der Waals surface area contributed by atoms with Crippen LogP contribution in [0.3, 0.4) is 0 Å². The van der Waals surface area contributed by atoms with Gasteiger partial charge in [0.2, 0.25) is 5.79 Å². The van der Waals surface area contributed by atoms with Gasteiger partial charge in [0, 0.05) is 13.2 Å². The zero-order valence-electron chi connectivity index (χ0n) is 18.6. The molecule has 3 aromatic rings. The van der Waals surface area contributed by atoms with Crippen molar-refractivity contribution in [3.05, 3.63) is 47.5 Å². The molecule has 186 valence electrons. The third-order valence-corrected chi connectivity index (χ3v) is 6.52. The monoisotopic (exact) mass is 509 g/mol. The van der Waals surface area contributed by atoms with Gasteiger partial charge in [-0.25, -0.2) is 9.78 Å². The third-order valence-electron chi connectivity index (χ3n) is 5.59. The summed E-state index contributed by atoms with van der Waals surface area (Å²) in [6, 6.07) is 7.67. The molecule has 2 heterocycles. The minimum absolute atomic E-state index is 0.0230. The number of carbonyl (C=O) groups excluding carboxylic acids is 1. The lowest BCUT2D eigenvalue weighted by atomic mass is 10.1. The van der Waals surface area contributed by atoms with Crippen molar-refractivity contribution >= 4 is 49.9 Å². The Bertz CT molecular complexity index is 1300. The number of nitrogens with two attached hydrogens (primary N) is 1. The Morgan fingerprint density at radius 2 is 2.03 bits per heavy atom. The summed E-state index contributed by atoms with van der Waals surface area (Å²) in [6.07, 6.45) is -5.79. The quantitative estimate of drug-likeness (QED) is 0.360. The summed E-state index contributed by atoms with van der Waals surface area (Å²) in [7, 11) is 0. The van der Waals surface area contributed by atoms with Crippen LogP contribution in [0.5, 0.6) is 0 Å². The van der Waals surface area contributed by atoms with Crippen LogP contribution in [0.2, 0.25) is 0 Å². The van der Waals surface area contributed by atoms with Gasteiger partial charge >= 0.3 is 12.1 Å². The fourth-order valence-corrected chi connectivity index (χ4v) is 5.11. The molecule has 0 fully saturated rings. The Morgan fingerprint density at radius 3 is 2.63 bits per heavy atom. The molecule has 35 heavy (non-hydrogen) atoms. The molecule has 0 spiro atoms. The van der Waals surface area contributed by atoms with Gasteiger partial charge in [0.05, 0.1) is 32.7 Å². The second-order valence-corrected chi connectivity index (χ2v) is 8.77. The lowest BCUT2D eigenvalue weighted by Crippen LogP contribution is -2.68. The Labute approximate surface area is 201 Å². The standard InChI is InChI=1S/C22H22F3N5O4S/c1-3-30-15-8-5-11(19(32)33)9-14(15)28-22(30,17(18(26)31)34-4-2)29-20-27-13-7-6-12(21(23,24)25)10-16(13)35-20/h5-10,17,28H,3-4H2,1-2H3,(H2,26,31)(H,27,29)(H,32,33).